The molecule has 0 saturated heterocycles. The van der Waals surface area contributed by atoms with E-state index in [0.717, 1.165) is 4.90 Å². The monoisotopic (exact) mass is 310 g/mol. The molecule has 0 aliphatic carbocycles. The third-order valence-electron chi connectivity index (χ3n) is 2.48. The molecule has 0 unspecified atom stereocenters. The van der Waals surface area contributed by atoms with Crippen LogP contribution < -0.4 is 5.32 Å². The summed E-state index contributed by atoms with van der Waals surface area (Å²) < 4.78 is 0. The van der Waals surface area contributed by atoms with Crippen LogP contribution in [0.1, 0.15) is 10.4 Å². The molecule has 0 aliphatic rings. The van der Waals surface area contributed by atoms with Crippen LogP contribution in [0.25, 0.3) is 0 Å². The first-order valence-electron chi connectivity index (χ1n) is 6.07. The number of hydrogen-bond acceptors (Lipinski definition) is 5. The molecule has 0 saturated carbocycles. The van der Waals surface area contributed by atoms with E-state index >= 15 is 0 Å². The number of carboxylic acid groups (broad SMARTS) is 3. The van der Waals surface area contributed by atoms with Crippen molar-refractivity contribution in [2.75, 3.05) is 25.0 Å². The molecule has 0 heterocycles. The van der Waals surface area contributed by atoms with Gasteiger partial charge in [0.05, 0.1) is 25.2 Å². The Labute approximate surface area is 124 Å². The number of nitrogens with one attached hydrogen (secondary N) is 1. The molecule has 0 spiro atoms. The van der Waals surface area contributed by atoms with Crippen LogP contribution in [0, 0.1) is 0 Å². The molecule has 4 N–H and O–H groups in total. The van der Waals surface area contributed by atoms with Gasteiger partial charge in [0.15, 0.2) is 0 Å². The van der Waals surface area contributed by atoms with E-state index in [4.69, 9.17) is 15.3 Å². The highest BCUT2D eigenvalue weighted by atomic mass is 16.4. The lowest BCUT2D eigenvalue weighted by Gasteiger charge is -2.17. The minimum Gasteiger partial charge on any atom is -0.480 e. The average molecular weight is 310 g/mol. The number of hydrogen-bond donors (Lipinski definition) is 4. The summed E-state index contributed by atoms with van der Waals surface area (Å²) in [5, 5.41) is 28.6. The molecule has 1 aromatic rings. The molecule has 0 bridgehead atoms. The number of aliphatic carboxylic acids is 2. The lowest BCUT2D eigenvalue weighted by atomic mass is 10.2. The Morgan fingerprint density at radius 1 is 0.955 bits per heavy atom. The van der Waals surface area contributed by atoms with Crippen LogP contribution in [0.3, 0.4) is 0 Å². The van der Waals surface area contributed by atoms with E-state index in [1.165, 1.54) is 24.3 Å². The maximum Gasteiger partial charge on any atom is 0.335 e. The second-order valence-corrected chi connectivity index (χ2v) is 4.37. The zero-order chi connectivity index (χ0) is 16.7. The van der Waals surface area contributed by atoms with Gasteiger partial charge in [-0.25, -0.2) is 4.79 Å². The van der Waals surface area contributed by atoms with Gasteiger partial charge in [0.1, 0.15) is 0 Å². The van der Waals surface area contributed by atoms with Crippen LogP contribution in [0.4, 0.5) is 5.69 Å². The maximum atomic E-state index is 11.8. The highest BCUT2D eigenvalue weighted by molar-refractivity contribution is 5.95. The Balaban J connectivity index is 2.70. The molecule has 0 aromatic heterocycles. The van der Waals surface area contributed by atoms with Crippen LogP contribution in [-0.2, 0) is 14.4 Å². The summed E-state index contributed by atoms with van der Waals surface area (Å²) in [5.41, 5.74) is 0.196. The van der Waals surface area contributed by atoms with E-state index in [-0.39, 0.29) is 11.3 Å². The topological polar surface area (TPSA) is 144 Å². The maximum absolute atomic E-state index is 11.8. The number of amides is 1. The first kappa shape index (κ1) is 17.1. The summed E-state index contributed by atoms with van der Waals surface area (Å²) in [6.07, 6.45) is 0. The SMILES string of the molecule is O=C(O)CN(CC(=O)O)CC(=O)Nc1cccc(C(=O)O)c1. The molecule has 9 nitrogen and oxygen atoms in total. The highest BCUT2D eigenvalue weighted by Crippen LogP contribution is 2.10. The molecule has 1 amide bonds. The van der Waals surface area contributed by atoms with Crippen LogP contribution in [0.2, 0.25) is 0 Å². The van der Waals surface area contributed by atoms with Gasteiger partial charge in [-0.1, -0.05) is 6.07 Å². The van der Waals surface area contributed by atoms with Gasteiger partial charge in [-0.05, 0) is 18.2 Å². The van der Waals surface area contributed by atoms with Gasteiger partial charge in [-0.3, -0.25) is 19.3 Å². The molecular formula is C13H14N2O7. The van der Waals surface area contributed by atoms with Crippen LogP contribution in [0.5, 0.6) is 0 Å². The summed E-state index contributed by atoms with van der Waals surface area (Å²) in [5.74, 6) is -4.33. The molecule has 0 radical (unpaired) electrons. The Bertz CT molecular complexity index is 584. The Hall–Kier alpha value is -2.94. The lowest BCUT2D eigenvalue weighted by molar-refractivity contribution is -0.142. The van der Waals surface area contributed by atoms with Crippen molar-refractivity contribution in [2.45, 2.75) is 0 Å². The summed E-state index contributed by atoms with van der Waals surface area (Å²) in [7, 11) is 0. The van der Waals surface area contributed by atoms with E-state index in [1.807, 2.05) is 0 Å². The van der Waals surface area contributed by atoms with Gasteiger partial charge in [0, 0.05) is 5.69 Å². The first-order valence-corrected chi connectivity index (χ1v) is 6.07. The van der Waals surface area contributed by atoms with Crippen LogP contribution >= 0.6 is 0 Å². The minimum atomic E-state index is -1.26. The van der Waals surface area contributed by atoms with Crippen LogP contribution in [0.15, 0.2) is 24.3 Å². The molecule has 9 heteroatoms. The minimum absolute atomic E-state index is 0.0225. The van der Waals surface area contributed by atoms with Gasteiger partial charge in [-0.15, -0.1) is 0 Å². The first-order chi connectivity index (χ1) is 10.3. The number of anilines is 1. The van der Waals surface area contributed by atoms with Gasteiger partial charge >= 0.3 is 17.9 Å². The van der Waals surface area contributed by atoms with Gasteiger partial charge in [0.2, 0.25) is 5.91 Å². The molecule has 1 rings (SSSR count). The Kier molecular flexibility index (Phi) is 6.02. The fourth-order valence-electron chi connectivity index (χ4n) is 1.68. The van der Waals surface area contributed by atoms with Gasteiger partial charge < -0.3 is 20.6 Å². The van der Waals surface area contributed by atoms with Crippen molar-refractivity contribution in [1.82, 2.24) is 4.90 Å². The van der Waals surface area contributed by atoms with E-state index in [9.17, 15) is 19.2 Å². The molecule has 22 heavy (non-hydrogen) atoms. The predicted molar refractivity (Wildman–Crippen MR) is 73.7 cm³/mol. The molecule has 0 fully saturated rings. The normalized spacial score (nSPS) is 10.2. The molecule has 0 atom stereocenters. The smallest absolute Gasteiger partial charge is 0.335 e. The third-order valence-corrected chi connectivity index (χ3v) is 2.48. The predicted octanol–water partition coefficient (Wildman–Crippen LogP) is -0.205. The van der Waals surface area contributed by atoms with E-state index < -0.39 is 43.4 Å². The molecular weight excluding hydrogens is 296 g/mol. The average Bonchev–Trinajstić information content (AvgIpc) is 2.36. The second kappa shape index (κ2) is 7.74. The number of aromatic carboxylic acids is 1. The largest absolute Gasteiger partial charge is 0.480 e. The Morgan fingerprint density at radius 2 is 1.55 bits per heavy atom. The van der Waals surface area contributed by atoms with Crippen molar-refractivity contribution in [1.29, 1.82) is 0 Å². The van der Waals surface area contributed by atoms with E-state index in [2.05, 4.69) is 5.32 Å². The van der Waals surface area contributed by atoms with Gasteiger partial charge in [0.25, 0.3) is 0 Å². The summed E-state index contributed by atoms with van der Waals surface area (Å²) in [6.45, 7) is -1.65. The number of carbonyl (C=O) groups excluding carboxylic acids is 1. The third kappa shape index (κ3) is 6.01. The zero-order valence-corrected chi connectivity index (χ0v) is 11.4. The van der Waals surface area contributed by atoms with Crippen molar-refractivity contribution in [3.05, 3.63) is 29.8 Å². The summed E-state index contributed by atoms with van der Waals surface area (Å²) in [6, 6.07) is 5.48. The van der Waals surface area contributed by atoms with Crippen molar-refractivity contribution in [3.63, 3.8) is 0 Å². The number of nitrogens with zero attached hydrogens (tertiary/aromatic N) is 1. The number of rotatable bonds is 8. The second-order valence-electron chi connectivity index (χ2n) is 4.37. The quantitative estimate of drug-likeness (QED) is 0.516. The van der Waals surface area contributed by atoms with E-state index in [1.54, 1.807) is 0 Å². The molecule has 1 aromatic carbocycles. The summed E-state index contributed by atoms with van der Waals surface area (Å²) in [4.78, 5) is 44.8. The molecule has 118 valence electrons. The van der Waals surface area contributed by atoms with Gasteiger partial charge in [-0.2, -0.15) is 0 Å². The fourth-order valence-corrected chi connectivity index (χ4v) is 1.68. The fraction of sp³-hybridized carbons (Fsp3) is 0.231. The van der Waals surface area contributed by atoms with Crippen molar-refractivity contribution in [2.24, 2.45) is 0 Å². The summed E-state index contributed by atoms with van der Waals surface area (Å²) >= 11 is 0. The highest BCUT2D eigenvalue weighted by Gasteiger charge is 2.17. The van der Waals surface area contributed by atoms with Crippen LogP contribution in [-0.4, -0.2) is 63.7 Å². The number of benzene rings is 1. The lowest BCUT2D eigenvalue weighted by Crippen LogP contribution is -2.40. The standard InChI is InChI=1S/C13H14N2O7/c16-10(5-15(6-11(17)18)7-12(19)20)14-9-3-1-2-8(4-9)13(21)22/h1-4H,5-7H2,(H,14,16)(H,17,18)(H,19,20)(H,21,22). The Morgan fingerprint density at radius 3 is 2.05 bits per heavy atom. The van der Waals surface area contributed by atoms with E-state index in [0.29, 0.717) is 0 Å². The van der Waals surface area contributed by atoms with Crippen molar-refractivity contribution >= 4 is 29.5 Å². The van der Waals surface area contributed by atoms with Crippen molar-refractivity contribution < 1.29 is 34.5 Å². The zero-order valence-electron chi connectivity index (χ0n) is 11.4. The molecule has 0 aliphatic heterocycles. The number of carboxylic acids is 3. The number of carbonyl (C=O) groups is 4. The van der Waals surface area contributed by atoms with Crippen molar-refractivity contribution in [3.8, 4) is 0 Å².